The van der Waals surface area contributed by atoms with Crippen molar-refractivity contribution >= 4 is 0 Å². The predicted molar refractivity (Wildman–Crippen MR) is 82.1 cm³/mol. The normalized spacial score (nSPS) is 22.9. The van der Waals surface area contributed by atoms with Crippen molar-refractivity contribution in [2.45, 2.75) is 45.2 Å². The Kier molecular flexibility index (Phi) is 5.44. The van der Waals surface area contributed by atoms with Crippen molar-refractivity contribution in [1.29, 1.82) is 0 Å². The van der Waals surface area contributed by atoms with Crippen LogP contribution < -0.4 is 10.1 Å². The minimum atomic E-state index is 0.240. The average Bonchev–Trinajstić information content (AvgIpc) is 3.16. The van der Waals surface area contributed by atoms with Gasteiger partial charge in [-0.3, -0.25) is 0 Å². The maximum absolute atomic E-state index is 9.41. The molecule has 1 aliphatic carbocycles. The number of nitrogens with one attached hydrogen (secondary N) is 1. The number of aliphatic hydroxyl groups excluding tert-OH is 1. The maximum Gasteiger partial charge on any atom is 0.118 e. The fourth-order valence-electron chi connectivity index (χ4n) is 2.81. The number of benzene rings is 1. The number of rotatable bonds is 8. The minimum Gasteiger partial charge on any atom is -0.497 e. The Bertz CT molecular complexity index is 402. The van der Waals surface area contributed by atoms with Gasteiger partial charge in [0.1, 0.15) is 5.75 Å². The van der Waals surface area contributed by atoms with Crippen LogP contribution in [-0.2, 0) is 6.42 Å². The molecule has 0 saturated heterocycles. The van der Waals surface area contributed by atoms with Gasteiger partial charge in [0.2, 0.25) is 0 Å². The summed E-state index contributed by atoms with van der Waals surface area (Å²) in [5.74, 6) is 2.25. The molecule has 0 spiro atoms. The summed E-state index contributed by atoms with van der Waals surface area (Å²) < 4.78 is 5.17. The summed E-state index contributed by atoms with van der Waals surface area (Å²) in [6.07, 6.45) is 3.38. The van der Waals surface area contributed by atoms with Crippen LogP contribution >= 0.6 is 0 Å². The Hall–Kier alpha value is -1.06. The lowest BCUT2D eigenvalue weighted by Crippen LogP contribution is -2.36. The summed E-state index contributed by atoms with van der Waals surface area (Å²) in [6.45, 7) is 4.64. The van der Waals surface area contributed by atoms with Crippen LogP contribution in [0.5, 0.6) is 5.75 Å². The first-order valence-corrected chi connectivity index (χ1v) is 7.62. The van der Waals surface area contributed by atoms with Crippen molar-refractivity contribution in [3.05, 3.63) is 29.8 Å². The Balaban J connectivity index is 1.76. The van der Waals surface area contributed by atoms with Gasteiger partial charge in [-0.05, 0) is 48.8 Å². The maximum atomic E-state index is 9.41. The monoisotopic (exact) mass is 277 g/mol. The highest BCUT2D eigenvalue weighted by Gasteiger charge is 2.37. The van der Waals surface area contributed by atoms with Gasteiger partial charge in [-0.2, -0.15) is 0 Å². The molecule has 1 saturated carbocycles. The molecule has 3 heteroatoms. The molecule has 1 aromatic rings. The number of ether oxygens (including phenoxy) is 1. The van der Waals surface area contributed by atoms with Gasteiger partial charge in [-0.25, -0.2) is 0 Å². The molecule has 0 aromatic heterocycles. The lowest BCUT2D eigenvalue weighted by atomic mass is 10.0. The summed E-state index contributed by atoms with van der Waals surface area (Å²) in [5, 5.41) is 13.0. The molecule has 2 N–H and O–H groups in total. The second kappa shape index (κ2) is 7.09. The molecule has 0 unspecified atom stereocenters. The average molecular weight is 277 g/mol. The van der Waals surface area contributed by atoms with E-state index >= 15 is 0 Å². The predicted octanol–water partition coefficient (Wildman–Crippen LogP) is 2.62. The zero-order valence-corrected chi connectivity index (χ0v) is 12.8. The Morgan fingerprint density at radius 1 is 1.30 bits per heavy atom. The SMILES string of the molecule is COc1ccc(C[C@H]2C[C@@H]2N[C@@H](CO)CC(C)C)cc1. The first-order valence-electron chi connectivity index (χ1n) is 7.62. The van der Waals surface area contributed by atoms with Gasteiger partial charge in [-0.1, -0.05) is 26.0 Å². The van der Waals surface area contributed by atoms with Gasteiger partial charge in [0.25, 0.3) is 0 Å². The standard InChI is InChI=1S/C17H27NO2/c1-12(2)8-15(11-19)18-17-10-14(17)9-13-4-6-16(20-3)7-5-13/h4-7,12,14-15,17-19H,8-11H2,1-3H3/t14-,15+,17-/m0/s1. The summed E-state index contributed by atoms with van der Waals surface area (Å²) >= 11 is 0. The molecule has 0 heterocycles. The van der Waals surface area contributed by atoms with E-state index < -0.39 is 0 Å². The molecular weight excluding hydrogens is 250 g/mol. The smallest absolute Gasteiger partial charge is 0.118 e. The van der Waals surface area contributed by atoms with E-state index in [1.807, 2.05) is 12.1 Å². The summed E-state index contributed by atoms with van der Waals surface area (Å²) in [6, 6.07) is 9.16. The third-order valence-corrected chi connectivity index (χ3v) is 4.01. The molecule has 20 heavy (non-hydrogen) atoms. The fraction of sp³-hybridized carbons (Fsp3) is 0.647. The molecule has 1 aromatic carbocycles. The molecule has 1 aliphatic rings. The Labute approximate surface area is 122 Å². The van der Waals surface area contributed by atoms with Crippen LogP contribution in [0.3, 0.4) is 0 Å². The summed E-state index contributed by atoms with van der Waals surface area (Å²) in [5.41, 5.74) is 1.37. The quantitative estimate of drug-likeness (QED) is 0.767. The van der Waals surface area contributed by atoms with E-state index in [1.54, 1.807) is 7.11 Å². The Morgan fingerprint density at radius 2 is 2.00 bits per heavy atom. The second-order valence-electron chi connectivity index (χ2n) is 6.33. The van der Waals surface area contributed by atoms with Crippen molar-refractivity contribution in [1.82, 2.24) is 5.32 Å². The molecule has 0 radical (unpaired) electrons. The van der Waals surface area contributed by atoms with E-state index in [0.29, 0.717) is 17.9 Å². The van der Waals surface area contributed by atoms with E-state index in [9.17, 15) is 5.11 Å². The van der Waals surface area contributed by atoms with Crippen LogP contribution in [0.25, 0.3) is 0 Å². The first kappa shape index (κ1) is 15.3. The van der Waals surface area contributed by atoms with Gasteiger partial charge in [0.05, 0.1) is 13.7 Å². The van der Waals surface area contributed by atoms with Crippen LogP contribution in [0.2, 0.25) is 0 Å². The zero-order valence-electron chi connectivity index (χ0n) is 12.8. The Morgan fingerprint density at radius 3 is 2.55 bits per heavy atom. The van der Waals surface area contributed by atoms with Crippen LogP contribution in [0.1, 0.15) is 32.3 Å². The van der Waals surface area contributed by atoms with Gasteiger partial charge in [-0.15, -0.1) is 0 Å². The van der Waals surface area contributed by atoms with Crippen LogP contribution in [0.15, 0.2) is 24.3 Å². The summed E-state index contributed by atoms with van der Waals surface area (Å²) in [4.78, 5) is 0. The van der Waals surface area contributed by atoms with Crippen LogP contribution in [0.4, 0.5) is 0 Å². The summed E-state index contributed by atoms with van der Waals surface area (Å²) in [7, 11) is 1.69. The third-order valence-electron chi connectivity index (χ3n) is 4.01. The number of hydrogen-bond acceptors (Lipinski definition) is 3. The van der Waals surface area contributed by atoms with Gasteiger partial charge >= 0.3 is 0 Å². The van der Waals surface area contributed by atoms with E-state index in [4.69, 9.17) is 4.74 Å². The molecule has 3 atom stereocenters. The molecule has 2 rings (SSSR count). The largest absolute Gasteiger partial charge is 0.497 e. The van der Waals surface area contributed by atoms with Gasteiger partial charge < -0.3 is 15.2 Å². The molecular formula is C17H27NO2. The molecule has 112 valence electrons. The van der Waals surface area contributed by atoms with Crippen molar-refractivity contribution < 1.29 is 9.84 Å². The van der Waals surface area contributed by atoms with E-state index in [0.717, 1.165) is 18.6 Å². The highest BCUT2D eigenvalue weighted by Crippen LogP contribution is 2.34. The first-order chi connectivity index (χ1) is 9.62. The molecule has 1 fully saturated rings. The topological polar surface area (TPSA) is 41.5 Å². The van der Waals surface area contributed by atoms with Crippen molar-refractivity contribution in [3.63, 3.8) is 0 Å². The van der Waals surface area contributed by atoms with Crippen LogP contribution in [0, 0.1) is 11.8 Å². The van der Waals surface area contributed by atoms with Crippen LogP contribution in [-0.4, -0.2) is 30.9 Å². The van der Waals surface area contributed by atoms with E-state index in [2.05, 4.69) is 31.3 Å². The number of aliphatic hydroxyl groups is 1. The van der Waals surface area contributed by atoms with Gasteiger partial charge in [0, 0.05) is 12.1 Å². The minimum absolute atomic E-state index is 0.240. The van der Waals surface area contributed by atoms with Crippen molar-refractivity contribution in [2.24, 2.45) is 11.8 Å². The van der Waals surface area contributed by atoms with E-state index in [-0.39, 0.29) is 12.6 Å². The van der Waals surface area contributed by atoms with Gasteiger partial charge in [0.15, 0.2) is 0 Å². The third kappa shape index (κ3) is 4.50. The number of hydrogen-bond donors (Lipinski definition) is 2. The highest BCUT2D eigenvalue weighted by molar-refractivity contribution is 5.28. The van der Waals surface area contributed by atoms with Crippen molar-refractivity contribution in [3.8, 4) is 5.75 Å². The molecule has 0 aliphatic heterocycles. The van der Waals surface area contributed by atoms with E-state index in [1.165, 1.54) is 12.0 Å². The number of methoxy groups -OCH3 is 1. The molecule has 0 amide bonds. The lowest BCUT2D eigenvalue weighted by molar-refractivity contribution is 0.221. The second-order valence-corrected chi connectivity index (χ2v) is 6.33. The van der Waals surface area contributed by atoms with Crippen molar-refractivity contribution in [2.75, 3.05) is 13.7 Å². The molecule has 3 nitrogen and oxygen atoms in total. The zero-order chi connectivity index (χ0) is 14.5. The highest BCUT2D eigenvalue weighted by atomic mass is 16.5. The molecule has 0 bridgehead atoms. The fourth-order valence-corrected chi connectivity index (χ4v) is 2.81. The lowest BCUT2D eigenvalue weighted by Gasteiger charge is -2.18.